The second kappa shape index (κ2) is 5.12. The summed E-state index contributed by atoms with van der Waals surface area (Å²) >= 11 is 0. The van der Waals surface area contributed by atoms with Crippen LogP contribution in [0.3, 0.4) is 0 Å². The highest BCUT2D eigenvalue weighted by Gasteiger charge is 2.24. The Labute approximate surface area is 107 Å². The Morgan fingerprint density at radius 3 is 2.89 bits per heavy atom. The van der Waals surface area contributed by atoms with E-state index in [4.69, 9.17) is 4.74 Å². The van der Waals surface area contributed by atoms with Crippen LogP contribution in [-0.2, 0) is 9.53 Å². The molecule has 1 N–H and O–H groups in total. The molecular weight excluding hydrogens is 228 g/mol. The maximum atomic E-state index is 11.8. The summed E-state index contributed by atoms with van der Waals surface area (Å²) in [6.45, 7) is 6.89. The van der Waals surface area contributed by atoms with E-state index in [0.29, 0.717) is 19.0 Å². The zero-order valence-electron chi connectivity index (χ0n) is 11.0. The first-order valence-electron chi connectivity index (χ1n) is 6.09. The van der Waals surface area contributed by atoms with Gasteiger partial charge in [0.2, 0.25) is 0 Å². The molecule has 18 heavy (non-hydrogen) atoms. The molecule has 0 atom stereocenters. The lowest BCUT2D eigenvalue weighted by atomic mass is 10.1. The predicted octanol–water partition coefficient (Wildman–Crippen LogP) is 2.08. The third-order valence-electron chi connectivity index (χ3n) is 2.91. The topological polar surface area (TPSA) is 41.6 Å². The summed E-state index contributed by atoms with van der Waals surface area (Å²) in [4.78, 5) is 13.8. The molecule has 0 fully saturated rings. The van der Waals surface area contributed by atoms with Gasteiger partial charge in [-0.2, -0.15) is 0 Å². The summed E-state index contributed by atoms with van der Waals surface area (Å²) in [6, 6.07) is 6.19. The number of nitrogens with zero attached hydrogens (tertiary/aromatic N) is 1. The zero-order chi connectivity index (χ0) is 13.1. The monoisotopic (exact) mass is 246 g/mol. The predicted molar refractivity (Wildman–Crippen MR) is 71.1 cm³/mol. The van der Waals surface area contributed by atoms with Crippen LogP contribution in [-0.4, -0.2) is 19.2 Å². The van der Waals surface area contributed by atoms with Gasteiger partial charge in [0.15, 0.2) is 0 Å². The Hall–Kier alpha value is -1.97. The van der Waals surface area contributed by atoms with Gasteiger partial charge in [-0.3, -0.25) is 0 Å². The molecule has 0 aliphatic carbocycles. The highest BCUT2D eigenvalue weighted by Crippen LogP contribution is 2.26. The Morgan fingerprint density at radius 2 is 2.22 bits per heavy atom. The van der Waals surface area contributed by atoms with Crippen molar-refractivity contribution in [1.82, 2.24) is 5.32 Å². The average Bonchev–Trinajstić information content (AvgIpc) is 2.78. The maximum absolute atomic E-state index is 11.8. The number of benzene rings is 1. The molecule has 1 aliphatic rings. The van der Waals surface area contributed by atoms with Crippen molar-refractivity contribution < 1.29 is 9.53 Å². The standard InChI is InChI=1S/C14H18N2O2/c1-4-18-14(17)13-8-15-9-16(13)12-6-5-10(2)7-11(12)3/h5-8,15H,4,9H2,1-3H3. The van der Waals surface area contributed by atoms with Crippen molar-refractivity contribution in [2.24, 2.45) is 0 Å². The molecule has 0 saturated heterocycles. The van der Waals surface area contributed by atoms with Crippen LogP contribution >= 0.6 is 0 Å². The number of hydrogen-bond donors (Lipinski definition) is 1. The summed E-state index contributed by atoms with van der Waals surface area (Å²) in [5.74, 6) is -0.289. The largest absolute Gasteiger partial charge is 0.461 e. The number of esters is 1. The van der Waals surface area contributed by atoms with E-state index in [-0.39, 0.29) is 5.97 Å². The lowest BCUT2D eigenvalue weighted by Gasteiger charge is -2.22. The summed E-state index contributed by atoms with van der Waals surface area (Å²) < 4.78 is 5.05. The van der Waals surface area contributed by atoms with Crippen molar-refractivity contribution >= 4 is 11.7 Å². The maximum Gasteiger partial charge on any atom is 0.356 e. The quantitative estimate of drug-likeness (QED) is 0.829. The Balaban J connectivity index is 2.28. The second-order valence-corrected chi connectivity index (χ2v) is 4.33. The normalized spacial score (nSPS) is 14.2. The number of rotatable bonds is 3. The van der Waals surface area contributed by atoms with Crippen LogP contribution in [0.2, 0.25) is 0 Å². The Kier molecular flexibility index (Phi) is 3.55. The minimum Gasteiger partial charge on any atom is -0.461 e. The number of aryl methyl sites for hydroxylation is 2. The molecule has 1 aromatic carbocycles. The first-order chi connectivity index (χ1) is 8.63. The van der Waals surface area contributed by atoms with E-state index in [1.54, 1.807) is 6.20 Å². The first-order valence-corrected chi connectivity index (χ1v) is 6.09. The van der Waals surface area contributed by atoms with Crippen molar-refractivity contribution in [1.29, 1.82) is 0 Å². The van der Waals surface area contributed by atoms with E-state index in [1.807, 2.05) is 30.9 Å². The van der Waals surface area contributed by atoms with E-state index < -0.39 is 0 Å². The lowest BCUT2D eigenvalue weighted by molar-refractivity contribution is -0.138. The molecule has 1 aromatic rings. The van der Waals surface area contributed by atoms with Gasteiger partial charge in [0, 0.05) is 11.9 Å². The molecular formula is C14H18N2O2. The lowest BCUT2D eigenvalue weighted by Crippen LogP contribution is -2.28. The number of carbonyl (C=O) groups excluding carboxylic acids is 1. The fourth-order valence-corrected chi connectivity index (χ4v) is 2.09. The van der Waals surface area contributed by atoms with Gasteiger partial charge in [0.1, 0.15) is 5.70 Å². The molecule has 4 heteroatoms. The van der Waals surface area contributed by atoms with Crippen LogP contribution < -0.4 is 10.2 Å². The minimum atomic E-state index is -0.289. The van der Waals surface area contributed by atoms with Gasteiger partial charge in [-0.05, 0) is 32.4 Å². The van der Waals surface area contributed by atoms with Crippen molar-refractivity contribution in [2.75, 3.05) is 18.2 Å². The first kappa shape index (κ1) is 12.5. The van der Waals surface area contributed by atoms with Gasteiger partial charge in [0.25, 0.3) is 0 Å². The van der Waals surface area contributed by atoms with Gasteiger partial charge in [-0.1, -0.05) is 17.7 Å². The van der Waals surface area contributed by atoms with Crippen LogP contribution in [0.5, 0.6) is 0 Å². The van der Waals surface area contributed by atoms with Gasteiger partial charge >= 0.3 is 5.97 Å². The Bertz CT molecular complexity index is 495. The van der Waals surface area contributed by atoms with E-state index in [9.17, 15) is 4.79 Å². The van der Waals surface area contributed by atoms with Crippen LogP contribution in [0.1, 0.15) is 18.1 Å². The van der Waals surface area contributed by atoms with E-state index in [1.165, 1.54) is 5.56 Å². The number of ether oxygens (including phenoxy) is 1. The van der Waals surface area contributed by atoms with Crippen LogP contribution in [0, 0.1) is 13.8 Å². The van der Waals surface area contributed by atoms with Crippen LogP contribution in [0.4, 0.5) is 5.69 Å². The molecule has 0 unspecified atom stereocenters. The number of nitrogens with one attached hydrogen (secondary N) is 1. The summed E-state index contributed by atoms with van der Waals surface area (Å²) in [5, 5.41) is 3.07. The fraction of sp³-hybridized carbons (Fsp3) is 0.357. The highest BCUT2D eigenvalue weighted by molar-refractivity contribution is 5.93. The third kappa shape index (κ3) is 2.32. The molecule has 1 heterocycles. The van der Waals surface area contributed by atoms with Crippen molar-refractivity contribution in [3.05, 3.63) is 41.2 Å². The number of hydrogen-bond acceptors (Lipinski definition) is 4. The van der Waals surface area contributed by atoms with E-state index in [0.717, 1.165) is 11.3 Å². The second-order valence-electron chi connectivity index (χ2n) is 4.33. The van der Waals surface area contributed by atoms with Gasteiger partial charge in [-0.25, -0.2) is 4.79 Å². The molecule has 0 spiro atoms. The SMILES string of the molecule is CCOC(=O)C1=CNCN1c1ccc(C)cc1C. The molecule has 1 aliphatic heterocycles. The van der Waals surface area contributed by atoms with E-state index >= 15 is 0 Å². The Morgan fingerprint density at radius 1 is 1.44 bits per heavy atom. The van der Waals surface area contributed by atoms with Gasteiger partial charge < -0.3 is 15.0 Å². The average molecular weight is 246 g/mol. The van der Waals surface area contributed by atoms with Crippen LogP contribution in [0.25, 0.3) is 0 Å². The minimum absolute atomic E-state index is 0.289. The summed E-state index contributed by atoms with van der Waals surface area (Å²) in [6.07, 6.45) is 1.71. The van der Waals surface area contributed by atoms with Crippen LogP contribution in [0.15, 0.2) is 30.1 Å². The summed E-state index contributed by atoms with van der Waals surface area (Å²) in [5.41, 5.74) is 3.95. The van der Waals surface area contributed by atoms with Crippen molar-refractivity contribution in [3.63, 3.8) is 0 Å². The van der Waals surface area contributed by atoms with Gasteiger partial charge in [0.05, 0.1) is 13.3 Å². The molecule has 0 aromatic heterocycles. The molecule has 96 valence electrons. The fourth-order valence-electron chi connectivity index (χ4n) is 2.09. The smallest absolute Gasteiger partial charge is 0.356 e. The molecule has 0 amide bonds. The number of anilines is 1. The molecule has 2 rings (SSSR count). The molecule has 0 saturated carbocycles. The zero-order valence-corrected chi connectivity index (χ0v) is 11.0. The van der Waals surface area contributed by atoms with Crippen molar-refractivity contribution in [2.45, 2.75) is 20.8 Å². The van der Waals surface area contributed by atoms with Crippen molar-refractivity contribution in [3.8, 4) is 0 Å². The summed E-state index contributed by atoms with van der Waals surface area (Å²) in [7, 11) is 0. The van der Waals surface area contributed by atoms with E-state index in [2.05, 4.69) is 18.3 Å². The highest BCUT2D eigenvalue weighted by atomic mass is 16.5. The van der Waals surface area contributed by atoms with Gasteiger partial charge in [-0.15, -0.1) is 0 Å². The third-order valence-corrected chi connectivity index (χ3v) is 2.91. The number of carbonyl (C=O) groups is 1. The molecule has 0 bridgehead atoms. The molecule has 0 radical (unpaired) electrons. The molecule has 4 nitrogen and oxygen atoms in total.